The third kappa shape index (κ3) is 3.61. The number of pyridine rings is 2. The number of hydrogen-bond donors (Lipinski definition) is 0. The van der Waals surface area contributed by atoms with Gasteiger partial charge in [-0.3, -0.25) is 9.59 Å². The lowest BCUT2D eigenvalue weighted by atomic mass is 9.96. The molecule has 150 valence electrons. The van der Waals surface area contributed by atoms with Crippen LogP contribution in [0.5, 0.6) is 0 Å². The van der Waals surface area contributed by atoms with Crippen LogP contribution in [0, 0.1) is 20.8 Å². The molecule has 2 aromatic carbocycles. The minimum atomic E-state index is -0.248. The number of benzene rings is 2. The predicted molar refractivity (Wildman–Crippen MR) is 123 cm³/mol. The van der Waals surface area contributed by atoms with Crippen molar-refractivity contribution in [1.29, 1.82) is 0 Å². The summed E-state index contributed by atoms with van der Waals surface area (Å²) in [5, 5.41) is 0.533. The minimum absolute atomic E-state index is 0.215. The molecule has 0 N–H and O–H groups in total. The van der Waals surface area contributed by atoms with Gasteiger partial charge in [0, 0.05) is 16.6 Å². The van der Waals surface area contributed by atoms with Gasteiger partial charge in [0.1, 0.15) is 4.60 Å². The number of para-hydroxylation sites is 1. The van der Waals surface area contributed by atoms with Crippen molar-refractivity contribution in [3.8, 4) is 0 Å². The number of fused-ring (bicyclic) bond motifs is 1. The number of nitrogens with zero attached hydrogens (tertiary/aromatic N) is 2. The summed E-state index contributed by atoms with van der Waals surface area (Å²) in [6.45, 7) is 6.26. The maximum atomic E-state index is 13.4. The van der Waals surface area contributed by atoms with Crippen LogP contribution in [0.25, 0.3) is 10.9 Å². The molecule has 2 heterocycles. The first-order valence-electron chi connectivity index (χ1n) is 9.72. The number of ketones is 1. The van der Waals surface area contributed by atoms with Gasteiger partial charge >= 0.3 is 0 Å². The molecule has 0 unspecified atom stereocenters. The Kier molecular flexibility index (Phi) is 5.39. The van der Waals surface area contributed by atoms with Crippen LogP contribution in [0.3, 0.4) is 0 Å². The molecule has 0 saturated carbocycles. The minimum Gasteiger partial charge on any atom is -0.338 e. The van der Waals surface area contributed by atoms with E-state index in [1.54, 1.807) is 12.1 Å². The quantitative estimate of drug-likeness (QED) is 0.304. The number of halogens is 1. The second-order valence-corrected chi connectivity index (χ2v) is 8.29. The third-order valence-electron chi connectivity index (χ3n) is 5.52. The summed E-state index contributed by atoms with van der Waals surface area (Å²) in [5.41, 5.74) is 4.92. The molecule has 4 rings (SSSR count). The lowest BCUT2D eigenvalue weighted by Crippen LogP contribution is -2.24. The second kappa shape index (κ2) is 8.00. The molecule has 4 aromatic rings. The van der Waals surface area contributed by atoms with E-state index in [2.05, 4.69) is 20.9 Å². The van der Waals surface area contributed by atoms with Crippen LogP contribution in [-0.2, 0) is 6.54 Å². The van der Waals surface area contributed by atoms with Gasteiger partial charge in [-0.05, 0) is 78.2 Å². The molecular formula is C25H21BrN2O2. The Bertz CT molecular complexity index is 1360. The van der Waals surface area contributed by atoms with Crippen LogP contribution < -0.4 is 5.43 Å². The van der Waals surface area contributed by atoms with E-state index in [0.717, 1.165) is 26.9 Å². The second-order valence-electron chi connectivity index (χ2n) is 7.47. The first-order valence-corrected chi connectivity index (χ1v) is 10.5. The Morgan fingerprint density at radius 2 is 1.73 bits per heavy atom. The molecule has 0 aliphatic rings. The van der Waals surface area contributed by atoms with Gasteiger partial charge in [-0.25, -0.2) is 4.98 Å². The molecule has 2 aromatic heterocycles. The smallest absolute Gasteiger partial charge is 0.200 e. The van der Waals surface area contributed by atoms with Crippen molar-refractivity contribution < 1.29 is 4.79 Å². The first-order chi connectivity index (χ1) is 14.4. The maximum absolute atomic E-state index is 13.4. The van der Waals surface area contributed by atoms with E-state index in [-0.39, 0.29) is 16.8 Å². The zero-order valence-electron chi connectivity index (χ0n) is 17.1. The Morgan fingerprint density at radius 3 is 2.47 bits per heavy atom. The normalized spacial score (nSPS) is 11.1. The number of carbonyl (C=O) groups excluding carboxylic acids is 1. The number of aryl methyl sites for hydroxylation is 2. The van der Waals surface area contributed by atoms with Gasteiger partial charge < -0.3 is 4.57 Å². The van der Waals surface area contributed by atoms with Gasteiger partial charge in [0.2, 0.25) is 5.43 Å². The van der Waals surface area contributed by atoms with E-state index < -0.39 is 0 Å². The molecule has 0 radical (unpaired) electrons. The Hall–Kier alpha value is -3.05. The van der Waals surface area contributed by atoms with E-state index >= 15 is 0 Å². The highest BCUT2D eigenvalue weighted by Crippen LogP contribution is 2.21. The van der Waals surface area contributed by atoms with Crippen molar-refractivity contribution in [2.75, 3.05) is 0 Å². The van der Waals surface area contributed by atoms with Gasteiger partial charge in [0.05, 0.1) is 23.3 Å². The summed E-state index contributed by atoms with van der Waals surface area (Å²) in [4.78, 5) is 31.3. The Morgan fingerprint density at radius 1 is 0.967 bits per heavy atom. The lowest BCUT2D eigenvalue weighted by molar-refractivity contribution is 0.103. The molecule has 0 aliphatic carbocycles. The molecule has 0 atom stereocenters. The Balaban J connectivity index is 1.95. The van der Waals surface area contributed by atoms with E-state index in [9.17, 15) is 9.59 Å². The fraction of sp³-hybridized carbons (Fsp3) is 0.160. The fourth-order valence-corrected chi connectivity index (χ4v) is 4.09. The number of carbonyl (C=O) groups is 1. The maximum Gasteiger partial charge on any atom is 0.200 e. The highest BCUT2D eigenvalue weighted by Gasteiger charge is 2.21. The molecule has 30 heavy (non-hydrogen) atoms. The molecular weight excluding hydrogens is 440 g/mol. The van der Waals surface area contributed by atoms with Crippen LogP contribution in [0.2, 0.25) is 0 Å². The number of rotatable bonds is 4. The van der Waals surface area contributed by atoms with Gasteiger partial charge in [-0.1, -0.05) is 30.3 Å². The topological polar surface area (TPSA) is 52.0 Å². The molecule has 5 heteroatoms. The highest BCUT2D eigenvalue weighted by molar-refractivity contribution is 9.10. The van der Waals surface area contributed by atoms with Crippen molar-refractivity contribution >= 4 is 32.6 Å². The molecule has 0 saturated heterocycles. The molecule has 0 fully saturated rings. The van der Waals surface area contributed by atoms with Crippen molar-refractivity contribution in [1.82, 2.24) is 9.55 Å². The summed E-state index contributed by atoms with van der Waals surface area (Å²) in [6, 6.07) is 18.7. The first kappa shape index (κ1) is 20.2. The zero-order chi connectivity index (χ0) is 21.4. The standard InChI is InChI=1S/C25H21BrN2O2/c1-15-11-12-18(13-16(15)2)24(29)23-17(3)28(14-19-7-6-10-22(26)27-19)21-9-5-4-8-20(21)25(23)30/h4-13H,14H2,1-3H3. The molecule has 0 aliphatic heterocycles. The summed E-state index contributed by atoms with van der Waals surface area (Å²) in [6.07, 6.45) is 0. The third-order valence-corrected chi connectivity index (χ3v) is 5.96. The SMILES string of the molecule is Cc1ccc(C(=O)c2c(C)n(Cc3cccc(Br)n3)c3ccccc3c2=O)cc1C. The van der Waals surface area contributed by atoms with Crippen LogP contribution in [0.4, 0.5) is 0 Å². The van der Waals surface area contributed by atoms with Gasteiger partial charge in [-0.15, -0.1) is 0 Å². The van der Waals surface area contributed by atoms with Crippen molar-refractivity contribution in [3.05, 3.63) is 109 Å². The largest absolute Gasteiger partial charge is 0.338 e. The lowest BCUT2D eigenvalue weighted by Gasteiger charge is -2.18. The Labute approximate surface area is 183 Å². The van der Waals surface area contributed by atoms with Gasteiger partial charge in [0.25, 0.3) is 0 Å². The summed E-state index contributed by atoms with van der Waals surface area (Å²) >= 11 is 3.41. The van der Waals surface area contributed by atoms with E-state index in [1.807, 2.05) is 73.9 Å². The van der Waals surface area contributed by atoms with Crippen LogP contribution >= 0.6 is 15.9 Å². The monoisotopic (exact) mass is 460 g/mol. The number of hydrogen-bond acceptors (Lipinski definition) is 3. The molecule has 0 spiro atoms. The summed E-state index contributed by atoms with van der Waals surface area (Å²) in [5.74, 6) is -0.248. The fourth-order valence-electron chi connectivity index (χ4n) is 3.71. The van der Waals surface area contributed by atoms with Crippen molar-refractivity contribution in [2.45, 2.75) is 27.3 Å². The summed E-state index contributed by atoms with van der Waals surface area (Å²) in [7, 11) is 0. The van der Waals surface area contributed by atoms with Gasteiger partial charge in [-0.2, -0.15) is 0 Å². The molecule has 0 amide bonds. The highest BCUT2D eigenvalue weighted by atomic mass is 79.9. The van der Waals surface area contributed by atoms with E-state index in [4.69, 9.17) is 0 Å². The number of aromatic nitrogens is 2. The summed E-state index contributed by atoms with van der Waals surface area (Å²) < 4.78 is 2.74. The van der Waals surface area contributed by atoms with E-state index in [0.29, 0.717) is 23.2 Å². The molecule has 0 bridgehead atoms. The van der Waals surface area contributed by atoms with Crippen LogP contribution in [0.15, 0.2) is 70.1 Å². The molecule has 4 nitrogen and oxygen atoms in total. The van der Waals surface area contributed by atoms with Crippen molar-refractivity contribution in [3.63, 3.8) is 0 Å². The zero-order valence-corrected chi connectivity index (χ0v) is 18.7. The average molecular weight is 461 g/mol. The average Bonchev–Trinajstić information content (AvgIpc) is 2.73. The van der Waals surface area contributed by atoms with Crippen LogP contribution in [0.1, 0.15) is 38.4 Å². The van der Waals surface area contributed by atoms with Gasteiger partial charge in [0.15, 0.2) is 5.78 Å². The predicted octanol–water partition coefficient (Wildman–Crippen LogP) is 5.36. The van der Waals surface area contributed by atoms with E-state index in [1.165, 1.54) is 0 Å². The van der Waals surface area contributed by atoms with Crippen molar-refractivity contribution in [2.24, 2.45) is 0 Å². The van der Waals surface area contributed by atoms with Crippen LogP contribution in [-0.4, -0.2) is 15.3 Å².